The molecular weight excluding hydrogens is 546 g/mol. The number of aromatic nitrogens is 2. The number of fused-ring (bicyclic) bond motifs is 1. The number of imidazole rings is 1. The molecule has 3 unspecified atom stereocenters. The average Bonchev–Trinajstić information content (AvgIpc) is 3.66. The van der Waals surface area contributed by atoms with Gasteiger partial charge < -0.3 is 9.47 Å². The summed E-state index contributed by atoms with van der Waals surface area (Å²) in [5.41, 5.74) is 3.44. The maximum atomic E-state index is 14.0. The van der Waals surface area contributed by atoms with Gasteiger partial charge in [-0.25, -0.2) is 26.9 Å². The lowest BCUT2D eigenvalue weighted by molar-refractivity contribution is -0.120. The zero-order valence-corrected chi connectivity index (χ0v) is 23.3. The normalized spacial score (nSPS) is 19.9. The molecule has 2 aliphatic rings. The van der Waals surface area contributed by atoms with E-state index in [-0.39, 0.29) is 35.0 Å². The van der Waals surface area contributed by atoms with E-state index in [1.165, 1.54) is 24.3 Å². The van der Waals surface area contributed by atoms with Crippen LogP contribution in [0.5, 0.6) is 0 Å². The zero-order chi connectivity index (χ0) is 28.7. The first-order valence-electron chi connectivity index (χ1n) is 13.6. The van der Waals surface area contributed by atoms with E-state index in [0.717, 1.165) is 41.7 Å². The molecule has 3 atom stereocenters. The van der Waals surface area contributed by atoms with Gasteiger partial charge in [-0.3, -0.25) is 4.79 Å². The number of carbonyl (C=O) groups is 1. The molecule has 1 fully saturated rings. The highest BCUT2D eigenvalue weighted by Gasteiger charge is 2.46. The second-order valence-corrected chi connectivity index (χ2v) is 12.5. The highest BCUT2D eigenvalue weighted by Crippen LogP contribution is 2.49. The lowest BCUT2D eigenvalue weighted by Gasteiger charge is -2.29. The van der Waals surface area contributed by atoms with Crippen molar-refractivity contribution >= 4 is 21.6 Å². The predicted molar refractivity (Wildman–Crippen MR) is 150 cm³/mol. The van der Waals surface area contributed by atoms with E-state index in [0.29, 0.717) is 24.4 Å². The van der Waals surface area contributed by atoms with Crippen molar-refractivity contribution in [3.8, 4) is 0 Å². The fourth-order valence-electron chi connectivity index (χ4n) is 5.68. The summed E-state index contributed by atoms with van der Waals surface area (Å²) in [5, 5.41) is 0. The molecule has 1 N–H and O–H groups in total. The number of aryl methyl sites for hydroxylation is 2. The molecule has 1 amide bonds. The molecule has 7 nitrogen and oxygen atoms in total. The van der Waals surface area contributed by atoms with Gasteiger partial charge in [0.2, 0.25) is 15.9 Å². The van der Waals surface area contributed by atoms with Crippen molar-refractivity contribution in [2.45, 2.75) is 49.1 Å². The Bertz CT molecular complexity index is 1690. The van der Waals surface area contributed by atoms with Crippen LogP contribution in [0.2, 0.25) is 0 Å². The largest absolute Gasteiger partial charge is 0.337 e. The molecule has 0 saturated heterocycles. The number of sulfonamides is 1. The van der Waals surface area contributed by atoms with Crippen LogP contribution in [0.15, 0.2) is 84.0 Å². The van der Waals surface area contributed by atoms with Gasteiger partial charge in [-0.15, -0.1) is 0 Å². The van der Waals surface area contributed by atoms with Gasteiger partial charge in [0.1, 0.15) is 17.5 Å². The van der Waals surface area contributed by atoms with Crippen molar-refractivity contribution in [2.75, 3.05) is 4.90 Å². The molecule has 0 bridgehead atoms. The molecule has 1 saturated carbocycles. The second kappa shape index (κ2) is 10.8. The highest BCUT2D eigenvalue weighted by atomic mass is 32.2. The highest BCUT2D eigenvalue weighted by molar-refractivity contribution is 7.89. The molecule has 212 valence electrons. The van der Waals surface area contributed by atoms with E-state index < -0.39 is 21.9 Å². The van der Waals surface area contributed by atoms with Gasteiger partial charge in [-0.05, 0) is 96.8 Å². The summed E-state index contributed by atoms with van der Waals surface area (Å²) in [6.45, 7) is 0.250. The quantitative estimate of drug-likeness (QED) is 0.305. The molecule has 6 rings (SSSR count). The Labute approximate surface area is 237 Å². The Morgan fingerprint density at radius 3 is 2.44 bits per heavy atom. The second-order valence-electron chi connectivity index (χ2n) is 10.8. The first-order valence-corrected chi connectivity index (χ1v) is 15.1. The summed E-state index contributed by atoms with van der Waals surface area (Å²) < 4.78 is 57.9. The van der Waals surface area contributed by atoms with Gasteiger partial charge in [0.05, 0.1) is 11.4 Å². The standard InChI is InChI=1S/C31H30F2N4O3S/c1-36-16-15-34-30(36)19-37(31(38)28-18-26(28)21-5-8-22(32)9-6-21)24-12-7-20-3-2-4-29(27(20)17-24)35-41(39,40)25-13-10-23(33)11-14-25/h5-17,26,28-29,35H,2-4,18-19H2,1H3. The Kier molecular flexibility index (Phi) is 7.21. The fourth-order valence-corrected chi connectivity index (χ4v) is 6.93. The van der Waals surface area contributed by atoms with Crippen molar-refractivity contribution in [3.63, 3.8) is 0 Å². The summed E-state index contributed by atoms with van der Waals surface area (Å²) in [5.74, 6) is -0.395. The summed E-state index contributed by atoms with van der Waals surface area (Å²) >= 11 is 0. The number of nitrogens with one attached hydrogen (secondary N) is 1. The molecule has 3 aromatic carbocycles. The molecule has 10 heteroatoms. The number of anilines is 1. The molecule has 0 radical (unpaired) electrons. The van der Waals surface area contributed by atoms with Crippen LogP contribution in [0.3, 0.4) is 0 Å². The van der Waals surface area contributed by atoms with Crippen LogP contribution < -0.4 is 9.62 Å². The molecule has 41 heavy (non-hydrogen) atoms. The smallest absolute Gasteiger partial charge is 0.241 e. The monoisotopic (exact) mass is 576 g/mol. The van der Waals surface area contributed by atoms with Crippen LogP contribution in [0.25, 0.3) is 0 Å². The van der Waals surface area contributed by atoms with E-state index >= 15 is 0 Å². The number of carbonyl (C=O) groups excluding carboxylic acids is 1. The number of nitrogens with zero attached hydrogens (tertiary/aromatic N) is 3. The number of amides is 1. The maximum absolute atomic E-state index is 14.0. The lowest BCUT2D eigenvalue weighted by atomic mass is 9.87. The molecule has 1 aromatic heterocycles. The van der Waals surface area contributed by atoms with E-state index in [9.17, 15) is 22.0 Å². The zero-order valence-electron chi connectivity index (χ0n) is 22.5. The molecule has 0 aliphatic heterocycles. The van der Waals surface area contributed by atoms with Crippen molar-refractivity contribution < 1.29 is 22.0 Å². The summed E-state index contributed by atoms with van der Waals surface area (Å²) in [7, 11) is -2.03. The lowest BCUT2D eigenvalue weighted by Crippen LogP contribution is -2.34. The molecular formula is C31H30F2N4O3S. The number of halogens is 2. The van der Waals surface area contributed by atoms with E-state index in [1.807, 2.05) is 36.0 Å². The Morgan fingerprint density at radius 2 is 1.76 bits per heavy atom. The Hall–Kier alpha value is -3.89. The van der Waals surface area contributed by atoms with E-state index in [2.05, 4.69) is 9.71 Å². The number of hydrogen-bond acceptors (Lipinski definition) is 4. The molecule has 1 heterocycles. The van der Waals surface area contributed by atoms with Crippen molar-refractivity contribution in [3.05, 3.63) is 113 Å². The first kappa shape index (κ1) is 27.3. The number of rotatable bonds is 8. The van der Waals surface area contributed by atoms with Gasteiger partial charge in [0.15, 0.2) is 0 Å². The minimum Gasteiger partial charge on any atom is -0.337 e. The molecule has 4 aromatic rings. The first-order chi connectivity index (χ1) is 19.7. The maximum Gasteiger partial charge on any atom is 0.241 e. The summed E-state index contributed by atoms with van der Waals surface area (Å²) in [6.07, 6.45) is 6.38. The third-order valence-electron chi connectivity index (χ3n) is 8.07. The van der Waals surface area contributed by atoms with Crippen LogP contribution in [0, 0.1) is 17.6 Å². The third kappa shape index (κ3) is 5.67. The minimum atomic E-state index is -3.90. The van der Waals surface area contributed by atoms with Gasteiger partial charge in [0, 0.05) is 37.1 Å². The third-order valence-corrected chi connectivity index (χ3v) is 9.56. The summed E-state index contributed by atoms with van der Waals surface area (Å²) in [4.78, 5) is 20.1. The fraction of sp³-hybridized carbons (Fsp3) is 0.290. The van der Waals surface area contributed by atoms with Crippen LogP contribution in [0.4, 0.5) is 14.5 Å². The summed E-state index contributed by atoms with van der Waals surface area (Å²) in [6, 6.07) is 16.3. The topological polar surface area (TPSA) is 84.3 Å². The van der Waals surface area contributed by atoms with Crippen molar-refractivity contribution in [2.24, 2.45) is 13.0 Å². The number of benzene rings is 3. The molecule has 2 aliphatic carbocycles. The number of hydrogen-bond donors (Lipinski definition) is 1. The van der Waals surface area contributed by atoms with Crippen LogP contribution in [-0.4, -0.2) is 23.9 Å². The molecule has 0 spiro atoms. The Balaban J connectivity index is 1.31. The van der Waals surface area contributed by atoms with Crippen LogP contribution in [-0.2, 0) is 34.8 Å². The Morgan fingerprint density at radius 1 is 1.05 bits per heavy atom. The van der Waals surface area contributed by atoms with Crippen LogP contribution >= 0.6 is 0 Å². The van der Waals surface area contributed by atoms with Crippen molar-refractivity contribution in [1.29, 1.82) is 0 Å². The van der Waals surface area contributed by atoms with Gasteiger partial charge in [0.25, 0.3) is 0 Å². The SMILES string of the molecule is Cn1ccnc1CN(C(=O)C1CC1c1ccc(F)cc1)c1ccc2c(c1)C(NS(=O)(=O)c1ccc(F)cc1)CCC2. The average molecular weight is 577 g/mol. The predicted octanol–water partition coefficient (Wildman–Crippen LogP) is 5.39. The van der Waals surface area contributed by atoms with Gasteiger partial charge in [-0.1, -0.05) is 18.2 Å². The minimum absolute atomic E-state index is 0.00525. The van der Waals surface area contributed by atoms with E-state index in [1.54, 1.807) is 23.2 Å². The van der Waals surface area contributed by atoms with Gasteiger partial charge >= 0.3 is 0 Å². The van der Waals surface area contributed by atoms with Gasteiger partial charge in [-0.2, -0.15) is 0 Å². The van der Waals surface area contributed by atoms with Crippen LogP contribution in [0.1, 0.15) is 53.7 Å². The van der Waals surface area contributed by atoms with E-state index in [4.69, 9.17) is 0 Å². The van der Waals surface area contributed by atoms with Crippen molar-refractivity contribution in [1.82, 2.24) is 14.3 Å².